The van der Waals surface area contributed by atoms with Gasteiger partial charge >= 0.3 is 0 Å². The molecule has 10 heteroatoms. The molecule has 1 saturated heterocycles. The third-order valence-electron chi connectivity index (χ3n) is 3.83. The molecule has 0 spiro atoms. The number of rotatable bonds is 6. The fourth-order valence-corrected chi connectivity index (χ4v) is 2.53. The first-order valence-electron chi connectivity index (χ1n) is 7.74. The smallest absolute Gasteiger partial charge is 0.177 e. The number of unbranched alkanes of at least 4 members (excludes halogenated alkanes) is 1. The molecule has 0 bridgehead atoms. The third-order valence-corrected chi connectivity index (χ3v) is 3.83. The van der Waals surface area contributed by atoms with Gasteiger partial charge in [0.05, 0.1) is 12.9 Å². The summed E-state index contributed by atoms with van der Waals surface area (Å²) in [6, 6.07) is 0. The van der Waals surface area contributed by atoms with Crippen molar-refractivity contribution in [1.82, 2.24) is 19.5 Å². The highest BCUT2D eigenvalue weighted by molar-refractivity contribution is 5.82. The van der Waals surface area contributed by atoms with Crippen LogP contribution in [-0.4, -0.2) is 66.0 Å². The van der Waals surface area contributed by atoms with Gasteiger partial charge in [-0.2, -0.15) is 5.10 Å². The molecule has 1 fully saturated rings. The fraction of sp³-hybridized carbons (Fsp3) is 0.571. The van der Waals surface area contributed by atoms with Crippen LogP contribution in [-0.2, 0) is 4.74 Å². The largest absolute Gasteiger partial charge is 0.394 e. The molecule has 0 radical (unpaired) electrons. The van der Waals surface area contributed by atoms with E-state index in [9.17, 15) is 15.3 Å². The second-order valence-electron chi connectivity index (χ2n) is 5.49. The number of hydrogen-bond acceptors (Lipinski definition) is 9. The summed E-state index contributed by atoms with van der Waals surface area (Å²) in [5.41, 5.74) is 3.70. The summed E-state index contributed by atoms with van der Waals surface area (Å²) >= 11 is 0. The molecule has 1 aliphatic rings. The van der Waals surface area contributed by atoms with Gasteiger partial charge in [0.15, 0.2) is 23.2 Å². The molecule has 2 aromatic rings. The minimum atomic E-state index is -1.20. The van der Waals surface area contributed by atoms with Crippen molar-refractivity contribution in [3.8, 4) is 0 Å². The van der Waals surface area contributed by atoms with Crippen LogP contribution < -0.4 is 5.43 Å². The van der Waals surface area contributed by atoms with E-state index < -0.39 is 31.1 Å². The maximum atomic E-state index is 10.1. The van der Waals surface area contributed by atoms with Crippen LogP contribution in [0.15, 0.2) is 17.8 Å². The number of aromatic nitrogens is 4. The van der Waals surface area contributed by atoms with Crippen molar-refractivity contribution in [2.45, 2.75) is 44.3 Å². The van der Waals surface area contributed by atoms with Gasteiger partial charge in [0.25, 0.3) is 0 Å². The lowest BCUT2D eigenvalue weighted by Gasteiger charge is -2.16. The maximum absolute atomic E-state index is 10.1. The Morgan fingerprint density at radius 2 is 2.17 bits per heavy atom. The van der Waals surface area contributed by atoms with Crippen LogP contribution in [0, 0.1) is 0 Å². The Bertz CT molecular complexity index is 720. The zero-order chi connectivity index (χ0) is 17.1. The van der Waals surface area contributed by atoms with Gasteiger partial charge < -0.3 is 20.1 Å². The predicted molar refractivity (Wildman–Crippen MR) is 85.4 cm³/mol. The number of imidazole rings is 1. The summed E-state index contributed by atoms with van der Waals surface area (Å²) in [7, 11) is 0. The van der Waals surface area contributed by atoms with Crippen molar-refractivity contribution in [2.75, 3.05) is 12.0 Å². The van der Waals surface area contributed by atoms with E-state index in [1.54, 1.807) is 6.21 Å². The zero-order valence-electron chi connectivity index (χ0n) is 13.1. The number of fused-ring (bicyclic) bond motifs is 1. The van der Waals surface area contributed by atoms with E-state index in [0.29, 0.717) is 17.0 Å². The first kappa shape index (κ1) is 16.7. The molecule has 10 nitrogen and oxygen atoms in total. The summed E-state index contributed by atoms with van der Waals surface area (Å²) < 4.78 is 7.00. The Morgan fingerprint density at radius 1 is 1.33 bits per heavy atom. The maximum Gasteiger partial charge on any atom is 0.177 e. The minimum Gasteiger partial charge on any atom is -0.394 e. The Morgan fingerprint density at radius 3 is 2.88 bits per heavy atom. The topological polar surface area (TPSA) is 138 Å². The average molecular weight is 336 g/mol. The fourth-order valence-electron chi connectivity index (χ4n) is 2.53. The molecular formula is C14H20N6O4. The molecule has 3 heterocycles. The van der Waals surface area contributed by atoms with E-state index in [0.717, 1.165) is 12.8 Å². The van der Waals surface area contributed by atoms with Crippen molar-refractivity contribution < 1.29 is 20.1 Å². The Kier molecular flexibility index (Phi) is 5.00. The zero-order valence-corrected chi connectivity index (χ0v) is 13.1. The van der Waals surface area contributed by atoms with Gasteiger partial charge in [0.2, 0.25) is 0 Å². The number of aliphatic hydroxyl groups excluding tert-OH is 3. The van der Waals surface area contributed by atoms with E-state index in [1.165, 1.54) is 17.2 Å². The summed E-state index contributed by atoms with van der Waals surface area (Å²) in [4.78, 5) is 12.5. The van der Waals surface area contributed by atoms with Crippen LogP contribution in [0.3, 0.4) is 0 Å². The first-order valence-corrected chi connectivity index (χ1v) is 7.74. The van der Waals surface area contributed by atoms with Crippen LogP contribution in [0.2, 0.25) is 0 Å². The normalized spacial score (nSPS) is 27.3. The van der Waals surface area contributed by atoms with Gasteiger partial charge in [-0.25, -0.2) is 15.0 Å². The molecule has 0 aromatic carbocycles. The lowest BCUT2D eigenvalue weighted by Crippen LogP contribution is -2.33. The van der Waals surface area contributed by atoms with Crippen molar-refractivity contribution in [2.24, 2.45) is 5.10 Å². The number of ether oxygens (including phenoxy) is 1. The van der Waals surface area contributed by atoms with Crippen LogP contribution in [0.5, 0.6) is 0 Å². The Balaban J connectivity index is 1.89. The van der Waals surface area contributed by atoms with E-state index in [1.807, 2.05) is 0 Å². The van der Waals surface area contributed by atoms with E-state index >= 15 is 0 Å². The van der Waals surface area contributed by atoms with E-state index in [2.05, 4.69) is 32.4 Å². The summed E-state index contributed by atoms with van der Waals surface area (Å²) in [6.45, 7) is 1.66. The van der Waals surface area contributed by atoms with Crippen LogP contribution in [0.4, 0.5) is 5.82 Å². The van der Waals surface area contributed by atoms with E-state index in [4.69, 9.17) is 4.74 Å². The second kappa shape index (κ2) is 7.18. The number of hydrazone groups is 1. The standard InChI is InChI=1S/C14H20N6O4/c1-2-3-4-18-19-12-9-13(16-6-15-12)20(7-17-9)14-11(23)10(22)8(5-21)24-14/h4,6-8,10-11,14,21-23H,2-3,5H2,1H3,(H,15,16,19)/b18-4+/t8-,10-,11-,14-/m1/s1. The molecule has 0 unspecified atom stereocenters. The van der Waals surface area contributed by atoms with Crippen LogP contribution in [0.25, 0.3) is 11.2 Å². The number of nitrogens with one attached hydrogen (secondary N) is 1. The quantitative estimate of drug-likeness (QED) is 0.414. The van der Waals surface area contributed by atoms with Gasteiger partial charge in [-0.05, 0) is 6.42 Å². The Labute approximate surface area is 137 Å². The van der Waals surface area contributed by atoms with Gasteiger partial charge in [0.1, 0.15) is 24.6 Å². The number of nitrogens with zero attached hydrogens (tertiary/aromatic N) is 5. The molecular weight excluding hydrogens is 316 g/mol. The first-order chi connectivity index (χ1) is 11.7. The monoisotopic (exact) mass is 336 g/mol. The minimum absolute atomic E-state index is 0.394. The SMILES string of the molecule is CCC/C=N/Nc1ncnc2c1ncn2[C@@H]1O[C@H](CO)[C@@H](O)[C@H]1O. The van der Waals surface area contributed by atoms with Crippen molar-refractivity contribution in [3.63, 3.8) is 0 Å². The van der Waals surface area contributed by atoms with Gasteiger partial charge in [0, 0.05) is 6.21 Å². The molecule has 1 aliphatic heterocycles. The lowest BCUT2D eigenvalue weighted by molar-refractivity contribution is -0.0511. The second-order valence-corrected chi connectivity index (χ2v) is 5.49. The molecule has 2 aromatic heterocycles. The van der Waals surface area contributed by atoms with Crippen molar-refractivity contribution in [3.05, 3.63) is 12.7 Å². The van der Waals surface area contributed by atoms with Crippen molar-refractivity contribution in [1.29, 1.82) is 0 Å². The molecule has 3 rings (SSSR count). The van der Waals surface area contributed by atoms with Crippen molar-refractivity contribution >= 4 is 23.2 Å². The molecule has 0 aliphatic carbocycles. The van der Waals surface area contributed by atoms with Gasteiger partial charge in [-0.1, -0.05) is 13.3 Å². The number of aliphatic hydroxyl groups is 3. The summed E-state index contributed by atoms with van der Waals surface area (Å²) in [5.74, 6) is 0.429. The lowest BCUT2D eigenvalue weighted by atomic mass is 10.1. The highest BCUT2D eigenvalue weighted by atomic mass is 16.6. The molecule has 4 N–H and O–H groups in total. The summed E-state index contributed by atoms with van der Waals surface area (Å²) in [6.07, 6.45) is 2.23. The molecule has 0 amide bonds. The van der Waals surface area contributed by atoms with Gasteiger partial charge in [-0.15, -0.1) is 0 Å². The Hall–Kier alpha value is -2.14. The molecule has 4 atom stereocenters. The number of hydrogen-bond donors (Lipinski definition) is 4. The summed E-state index contributed by atoms with van der Waals surface area (Å²) in [5, 5.41) is 33.3. The average Bonchev–Trinajstić information content (AvgIpc) is 3.14. The highest BCUT2D eigenvalue weighted by Crippen LogP contribution is 2.31. The van der Waals surface area contributed by atoms with Crippen LogP contribution >= 0.6 is 0 Å². The molecule has 0 saturated carbocycles. The van der Waals surface area contributed by atoms with Gasteiger partial charge in [-0.3, -0.25) is 9.99 Å². The third kappa shape index (κ3) is 2.96. The molecule has 130 valence electrons. The molecule has 24 heavy (non-hydrogen) atoms. The number of anilines is 1. The van der Waals surface area contributed by atoms with E-state index in [-0.39, 0.29) is 0 Å². The highest BCUT2D eigenvalue weighted by Gasteiger charge is 2.44. The van der Waals surface area contributed by atoms with Crippen LogP contribution in [0.1, 0.15) is 26.0 Å². The predicted octanol–water partition coefficient (Wildman–Crippen LogP) is -0.364.